The summed E-state index contributed by atoms with van der Waals surface area (Å²) >= 11 is 6.03. The first-order valence-electron chi connectivity index (χ1n) is 10.4. The molecule has 0 bridgehead atoms. The average molecular weight is 439 g/mol. The minimum atomic E-state index is -0.223. The van der Waals surface area contributed by atoms with Gasteiger partial charge in [-0.15, -0.1) is 0 Å². The largest absolute Gasteiger partial charge is 0.440 e. The van der Waals surface area contributed by atoms with E-state index in [-0.39, 0.29) is 29.0 Å². The number of fused-ring (bicyclic) bond motifs is 1. The number of rotatable bonds is 4. The van der Waals surface area contributed by atoms with Crippen LogP contribution in [-0.4, -0.2) is 46.8 Å². The molecule has 31 heavy (non-hydrogen) atoms. The Morgan fingerprint density at radius 2 is 1.94 bits per heavy atom. The topological polar surface area (TPSA) is 88.3 Å². The maximum atomic E-state index is 12.6. The van der Waals surface area contributed by atoms with Gasteiger partial charge >= 0.3 is 0 Å². The van der Waals surface area contributed by atoms with E-state index in [9.17, 15) is 9.59 Å². The average Bonchev–Trinajstić information content (AvgIpc) is 3.10. The van der Waals surface area contributed by atoms with Gasteiger partial charge in [0.25, 0.3) is 11.8 Å². The van der Waals surface area contributed by atoms with Crippen molar-refractivity contribution in [3.8, 4) is 0 Å². The number of carbonyl (C=O) groups is 2. The van der Waals surface area contributed by atoms with Gasteiger partial charge in [-0.05, 0) is 61.4 Å². The molecule has 160 valence electrons. The van der Waals surface area contributed by atoms with Crippen LogP contribution in [0.15, 0.2) is 40.9 Å². The molecule has 0 unspecified atom stereocenters. The van der Waals surface area contributed by atoms with E-state index in [1.165, 1.54) is 11.1 Å². The van der Waals surface area contributed by atoms with Crippen LogP contribution in [0.4, 0.5) is 0 Å². The van der Waals surface area contributed by atoms with E-state index >= 15 is 0 Å². The molecule has 2 heterocycles. The van der Waals surface area contributed by atoms with Crippen molar-refractivity contribution in [3.05, 3.63) is 58.7 Å². The van der Waals surface area contributed by atoms with Crippen LogP contribution in [0.25, 0.3) is 11.1 Å². The Bertz CT molecular complexity index is 1170. The lowest BCUT2D eigenvalue weighted by molar-refractivity contribution is -0.0253. The molecule has 1 aromatic carbocycles. The predicted molar refractivity (Wildman–Crippen MR) is 116 cm³/mol. The Labute approximate surface area is 184 Å². The molecule has 0 radical (unpaired) electrons. The fraction of sp³-hybridized carbons (Fsp3) is 0.391. The second-order valence-corrected chi connectivity index (χ2v) is 9.41. The first-order chi connectivity index (χ1) is 14.8. The number of nitrogens with zero attached hydrogens (tertiary/aromatic N) is 3. The number of nitrogens with one attached hydrogen (secondary N) is 1. The number of benzene rings is 1. The Balaban J connectivity index is 1.16. The Morgan fingerprint density at radius 1 is 1.16 bits per heavy atom. The van der Waals surface area contributed by atoms with Crippen molar-refractivity contribution in [1.29, 1.82) is 0 Å². The van der Waals surface area contributed by atoms with Gasteiger partial charge in [-0.25, -0.2) is 4.98 Å². The molecular weight excluding hydrogens is 416 g/mol. The summed E-state index contributed by atoms with van der Waals surface area (Å²) in [6.45, 7) is 0. The van der Waals surface area contributed by atoms with Gasteiger partial charge in [-0.1, -0.05) is 11.6 Å². The summed E-state index contributed by atoms with van der Waals surface area (Å²) in [4.78, 5) is 34.8. The number of amides is 2. The van der Waals surface area contributed by atoms with E-state index in [1.807, 2.05) is 18.2 Å². The van der Waals surface area contributed by atoms with Crippen LogP contribution in [0.1, 0.15) is 58.3 Å². The second kappa shape index (κ2) is 7.34. The summed E-state index contributed by atoms with van der Waals surface area (Å²) in [5.74, 6) is 0.717. The number of carbonyl (C=O) groups excluding carboxylic acids is 2. The summed E-state index contributed by atoms with van der Waals surface area (Å²) in [6.07, 6.45) is 5.46. The smallest absolute Gasteiger partial charge is 0.271 e. The number of hydrogen-bond donors (Lipinski definition) is 1. The second-order valence-electron chi connectivity index (χ2n) is 8.98. The molecule has 0 atom stereocenters. The van der Waals surface area contributed by atoms with Gasteiger partial charge in [-0.2, -0.15) is 0 Å². The molecule has 2 aromatic heterocycles. The molecule has 5 rings (SSSR count). The summed E-state index contributed by atoms with van der Waals surface area (Å²) in [7, 11) is 3.32. The van der Waals surface area contributed by atoms with Gasteiger partial charge in [0.15, 0.2) is 11.5 Å². The van der Waals surface area contributed by atoms with Crippen molar-refractivity contribution in [2.45, 2.75) is 37.6 Å². The number of aromatic nitrogens is 2. The number of hydrogen-bond acceptors (Lipinski definition) is 5. The highest BCUT2D eigenvalue weighted by atomic mass is 35.5. The van der Waals surface area contributed by atoms with Crippen molar-refractivity contribution in [3.63, 3.8) is 0 Å². The molecule has 1 spiro atoms. The minimum absolute atomic E-state index is 0.150. The van der Waals surface area contributed by atoms with Gasteiger partial charge in [0.1, 0.15) is 11.2 Å². The Kier molecular flexibility index (Phi) is 4.73. The third-order valence-corrected chi connectivity index (χ3v) is 6.65. The van der Waals surface area contributed by atoms with Crippen molar-refractivity contribution in [2.24, 2.45) is 5.41 Å². The maximum Gasteiger partial charge on any atom is 0.271 e. The molecule has 2 aliphatic carbocycles. The minimum Gasteiger partial charge on any atom is -0.440 e. The van der Waals surface area contributed by atoms with Gasteiger partial charge in [0, 0.05) is 42.8 Å². The van der Waals surface area contributed by atoms with E-state index in [2.05, 4.69) is 15.3 Å². The van der Waals surface area contributed by atoms with Gasteiger partial charge < -0.3 is 14.6 Å². The quantitative estimate of drug-likeness (QED) is 0.664. The van der Waals surface area contributed by atoms with E-state index in [1.54, 1.807) is 26.2 Å². The summed E-state index contributed by atoms with van der Waals surface area (Å²) in [5, 5.41) is 3.74. The first-order valence-corrected chi connectivity index (χ1v) is 10.7. The predicted octanol–water partition coefficient (Wildman–Crippen LogP) is 4.03. The van der Waals surface area contributed by atoms with Crippen molar-refractivity contribution in [2.75, 3.05) is 14.1 Å². The van der Waals surface area contributed by atoms with Crippen LogP contribution in [0.5, 0.6) is 0 Å². The first kappa shape index (κ1) is 20.0. The zero-order chi connectivity index (χ0) is 21.8. The van der Waals surface area contributed by atoms with E-state index in [0.29, 0.717) is 16.5 Å². The van der Waals surface area contributed by atoms with Crippen LogP contribution < -0.4 is 5.32 Å². The van der Waals surface area contributed by atoms with Gasteiger partial charge in [-0.3, -0.25) is 14.6 Å². The highest BCUT2D eigenvalue weighted by Gasteiger charge is 2.54. The highest BCUT2D eigenvalue weighted by Crippen LogP contribution is 2.61. The van der Waals surface area contributed by atoms with E-state index in [4.69, 9.17) is 16.0 Å². The third kappa shape index (κ3) is 3.67. The summed E-state index contributed by atoms with van der Waals surface area (Å²) in [5.41, 5.74) is 2.56. The monoisotopic (exact) mass is 438 g/mol. The van der Waals surface area contributed by atoms with E-state index in [0.717, 1.165) is 42.7 Å². The molecular formula is C23H23ClN4O3. The zero-order valence-corrected chi connectivity index (χ0v) is 18.1. The molecule has 0 saturated heterocycles. The maximum absolute atomic E-state index is 12.6. The van der Waals surface area contributed by atoms with Crippen LogP contribution >= 0.6 is 11.6 Å². The lowest BCUT2D eigenvalue weighted by atomic mass is 9.50. The Hall–Kier alpha value is -2.93. The normalized spacial score (nSPS) is 24.5. The molecule has 0 aliphatic heterocycles. The number of oxazole rings is 1. The summed E-state index contributed by atoms with van der Waals surface area (Å²) in [6, 6.07) is 8.82. The van der Waals surface area contributed by atoms with E-state index < -0.39 is 0 Å². The van der Waals surface area contributed by atoms with Crippen molar-refractivity contribution < 1.29 is 14.0 Å². The van der Waals surface area contributed by atoms with Crippen molar-refractivity contribution >= 4 is 34.5 Å². The molecule has 2 saturated carbocycles. The van der Waals surface area contributed by atoms with Gasteiger partial charge in [0.2, 0.25) is 0 Å². The fourth-order valence-electron chi connectivity index (χ4n) is 4.86. The van der Waals surface area contributed by atoms with Crippen LogP contribution in [-0.2, 0) is 0 Å². The number of halogens is 1. The fourth-order valence-corrected chi connectivity index (χ4v) is 5.03. The van der Waals surface area contributed by atoms with Gasteiger partial charge in [0.05, 0.1) is 0 Å². The lowest BCUT2D eigenvalue weighted by Gasteiger charge is -2.57. The molecule has 2 fully saturated rings. The lowest BCUT2D eigenvalue weighted by Crippen LogP contribution is -2.55. The molecule has 2 amide bonds. The molecule has 3 aromatic rings. The molecule has 7 nitrogen and oxygen atoms in total. The summed E-state index contributed by atoms with van der Waals surface area (Å²) < 4.78 is 5.91. The van der Waals surface area contributed by atoms with Crippen molar-refractivity contribution in [1.82, 2.24) is 20.2 Å². The highest BCUT2D eigenvalue weighted by molar-refractivity contribution is 6.31. The number of pyridine rings is 1. The molecule has 1 N–H and O–H groups in total. The van der Waals surface area contributed by atoms with Crippen LogP contribution in [0, 0.1) is 5.41 Å². The standard InChI is InChI=1S/C23H23ClN4O3/c1-28(2)22(30)18-7-13(5-6-25-18)20(29)26-16-11-23(12-16)9-14(10-23)21-27-17-8-15(24)3-4-19(17)31-21/h3-8,14,16H,9-12H2,1-2H3,(H,26,29). The van der Waals surface area contributed by atoms with Crippen LogP contribution in [0.3, 0.4) is 0 Å². The SMILES string of the molecule is CN(C)C(=O)c1cc(C(=O)NC2CC3(C2)CC(c2nc4cc(Cl)ccc4o2)C3)ccn1. The molecule has 8 heteroatoms. The third-order valence-electron chi connectivity index (χ3n) is 6.42. The zero-order valence-electron chi connectivity index (χ0n) is 17.4. The Morgan fingerprint density at radius 3 is 2.68 bits per heavy atom. The molecule has 2 aliphatic rings. The van der Waals surface area contributed by atoms with Crippen LogP contribution in [0.2, 0.25) is 5.02 Å².